The molecule has 8 heteroatoms. The SMILES string of the molecule is O=S(=O)(c1cccc(C(F)(F)F)c1)C1CCOCC1c1ccc(Cl)cc1. The van der Waals surface area contributed by atoms with E-state index < -0.39 is 32.7 Å². The van der Waals surface area contributed by atoms with Crippen molar-refractivity contribution in [3.63, 3.8) is 0 Å². The van der Waals surface area contributed by atoms with E-state index in [4.69, 9.17) is 16.3 Å². The number of benzene rings is 2. The van der Waals surface area contributed by atoms with E-state index in [1.165, 1.54) is 6.07 Å². The minimum Gasteiger partial charge on any atom is -0.381 e. The molecular weight excluding hydrogens is 389 g/mol. The molecule has 1 aliphatic rings. The molecule has 1 fully saturated rings. The van der Waals surface area contributed by atoms with Gasteiger partial charge in [0.2, 0.25) is 0 Å². The summed E-state index contributed by atoms with van der Waals surface area (Å²) in [7, 11) is -3.97. The van der Waals surface area contributed by atoms with Crippen LogP contribution >= 0.6 is 11.6 Å². The molecule has 0 aromatic heterocycles. The molecule has 3 nitrogen and oxygen atoms in total. The van der Waals surface area contributed by atoms with Crippen LogP contribution in [0, 0.1) is 0 Å². The van der Waals surface area contributed by atoms with Crippen LogP contribution in [0.15, 0.2) is 53.4 Å². The smallest absolute Gasteiger partial charge is 0.381 e. The number of hydrogen-bond acceptors (Lipinski definition) is 3. The quantitative estimate of drug-likeness (QED) is 0.744. The maximum absolute atomic E-state index is 13.1. The fraction of sp³-hybridized carbons (Fsp3) is 0.333. The van der Waals surface area contributed by atoms with E-state index >= 15 is 0 Å². The van der Waals surface area contributed by atoms with Gasteiger partial charge in [0.25, 0.3) is 0 Å². The molecule has 3 rings (SSSR count). The van der Waals surface area contributed by atoms with Crippen LogP contribution in [0.4, 0.5) is 13.2 Å². The first-order chi connectivity index (χ1) is 12.2. The second-order valence-corrected chi connectivity index (χ2v) is 8.73. The van der Waals surface area contributed by atoms with Gasteiger partial charge in [0.1, 0.15) is 0 Å². The van der Waals surface area contributed by atoms with Crippen molar-refractivity contribution in [1.82, 2.24) is 0 Å². The Hall–Kier alpha value is -1.57. The Kier molecular flexibility index (Phi) is 5.33. The first kappa shape index (κ1) is 19.2. The van der Waals surface area contributed by atoms with E-state index in [1.54, 1.807) is 24.3 Å². The fourth-order valence-electron chi connectivity index (χ4n) is 3.13. The second kappa shape index (κ2) is 7.21. The van der Waals surface area contributed by atoms with Crippen LogP contribution in [-0.2, 0) is 20.8 Å². The lowest BCUT2D eigenvalue weighted by molar-refractivity contribution is -0.137. The summed E-state index contributed by atoms with van der Waals surface area (Å²) in [5.74, 6) is -0.472. The van der Waals surface area contributed by atoms with Crippen molar-refractivity contribution in [2.75, 3.05) is 13.2 Å². The van der Waals surface area contributed by atoms with Gasteiger partial charge in [-0.3, -0.25) is 0 Å². The van der Waals surface area contributed by atoms with Gasteiger partial charge in [0.05, 0.1) is 22.3 Å². The summed E-state index contributed by atoms with van der Waals surface area (Å²) in [6, 6.07) is 10.6. The van der Waals surface area contributed by atoms with E-state index in [-0.39, 0.29) is 24.5 Å². The van der Waals surface area contributed by atoms with Crippen molar-refractivity contribution in [3.8, 4) is 0 Å². The molecule has 2 atom stereocenters. The van der Waals surface area contributed by atoms with Crippen LogP contribution < -0.4 is 0 Å². The fourth-order valence-corrected chi connectivity index (χ4v) is 5.24. The molecule has 26 heavy (non-hydrogen) atoms. The topological polar surface area (TPSA) is 43.4 Å². The number of ether oxygens (including phenoxy) is 1. The molecule has 0 spiro atoms. The number of halogens is 4. The molecular formula is C18H16ClF3O3S. The van der Waals surface area contributed by atoms with Crippen LogP contribution in [0.3, 0.4) is 0 Å². The molecule has 2 aromatic rings. The zero-order chi connectivity index (χ0) is 18.9. The molecule has 0 N–H and O–H groups in total. The van der Waals surface area contributed by atoms with Gasteiger partial charge in [-0.1, -0.05) is 29.8 Å². The number of hydrogen-bond donors (Lipinski definition) is 0. The van der Waals surface area contributed by atoms with Crippen molar-refractivity contribution in [3.05, 3.63) is 64.7 Å². The largest absolute Gasteiger partial charge is 0.416 e. The highest BCUT2D eigenvalue weighted by Gasteiger charge is 2.39. The van der Waals surface area contributed by atoms with Gasteiger partial charge in [0.15, 0.2) is 9.84 Å². The van der Waals surface area contributed by atoms with Gasteiger partial charge in [-0.05, 0) is 42.3 Å². The Balaban J connectivity index is 2.00. The van der Waals surface area contributed by atoms with Crippen molar-refractivity contribution in [2.45, 2.75) is 28.7 Å². The maximum atomic E-state index is 13.1. The Bertz CT molecular complexity index is 879. The summed E-state index contributed by atoms with van der Waals surface area (Å²) in [4.78, 5) is -0.321. The summed E-state index contributed by atoms with van der Waals surface area (Å²) < 4.78 is 70.4. The highest BCUT2D eigenvalue weighted by Crippen LogP contribution is 2.36. The molecule has 140 valence electrons. The predicted molar refractivity (Wildman–Crippen MR) is 92.0 cm³/mol. The lowest BCUT2D eigenvalue weighted by atomic mass is 9.93. The van der Waals surface area contributed by atoms with Crippen LogP contribution in [-0.4, -0.2) is 26.9 Å². The van der Waals surface area contributed by atoms with Crippen molar-refractivity contribution < 1.29 is 26.3 Å². The van der Waals surface area contributed by atoms with Gasteiger partial charge in [-0.25, -0.2) is 8.42 Å². The van der Waals surface area contributed by atoms with Gasteiger partial charge in [0, 0.05) is 17.5 Å². The highest BCUT2D eigenvalue weighted by molar-refractivity contribution is 7.92. The minimum absolute atomic E-state index is 0.185. The summed E-state index contributed by atoms with van der Waals surface area (Å²) in [5, 5.41) is -0.344. The maximum Gasteiger partial charge on any atom is 0.416 e. The highest BCUT2D eigenvalue weighted by atomic mass is 35.5. The molecule has 0 bridgehead atoms. The molecule has 2 aromatic carbocycles. The van der Waals surface area contributed by atoms with Crippen molar-refractivity contribution in [1.29, 1.82) is 0 Å². The first-order valence-corrected chi connectivity index (χ1v) is 9.86. The van der Waals surface area contributed by atoms with Crippen LogP contribution in [0.25, 0.3) is 0 Å². The Labute approximate surface area is 154 Å². The van der Waals surface area contributed by atoms with Gasteiger partial charge in [-0.2, -0.15) is 13.2 Å². The lowest BCUT2D eigenvalue weighted by Gasteiger charge is -2.31. The standard InChI is InChI=1S/C18H16ClF3O3S/c19-14-6-4-12(5-7-14)16-11-25-9-8-17(16)26(23,24)15-3-1-2-13(10-15)18(20,21)22/h1-7,10,16-17H,8-9,11H2. The zero-order valence-corrected chi connectivity index (χ0v) is 15.1. The molecule has 0 saturated carbocycles. The van der Waals surface area contributed by atoms with Crippen LogP contribution in [0.5, 0.6) is 0 Å². The van der Waals surface area contributed by atoms with Crippen LogP contribution in [0.1, 0.15) is 23.5 Å². The summed E-state index contributed by atoms with van der Waals surface area (Å²) in [5.41, 5.74) is -0.247. The second-order valence-electron chi connectivity index (χ2n) is 6.13. The first-order valence-electron chi connectivity index (χ1n) is 7.94. The van der Waals surface area contributed by atoms with Crippen LogP contribution in [0.2, 0.25) is 5.02 Å². The van der Waals surface area contributed by atoms with Crippen molar-refractivity contribution in [2.24, 2.45) is 0 Å². The van der Waals surface area contributed by atoms with Gasteiger partial charge >= 0.3 is 6.18 Å². The Morgan fingerprint density at radius 3 is 2.42 bits per heavy atom. The van der Waals surface area contributed by atoms with Gasteiger partial charge < -0.3 is 4.74 Å². The van der Waals surface area contributed by atoms with E-state index in [0.717, 1.165) is 17.7 Å². The average Bonchev–Trinajstić information content (AvgIpc) is 2.62. The number of alkyl halides is 3. The minimum atomic E-state index is -4.60. The van der Waals surface area contributed by atoms with Crippen molar-refractivity contribution >= 4 is 21.4 Å². The zero-order valence-electron chi connectivity index (χ0n) is 13.5. The molecule has 1 heterocycles. The summed E-state index contributed by atoms with van der Waals surface area (Å²) >= 11 is 5.88. The molecule has 2 unspecified atom stereocenters. The van der Waals surface area contributed by atoms with E-state index in [0.29, 0.717) is 11.1 Å². The third kappa shape index (κ3) is 3.89. The van der Waals surface area contributed by atoms with Gasteiger partial charge in [-0.15, -0.1) is 0 Å². The Morgan fingerprint density at radius 1 is 1.08 bits per heavy atom. The molecule has 0 aliphatic carbocycles. The Morgan fingerprint density at radius 2 is 1.77 bits per heavy atom. The third-order valence-corrected chi connectivity index (χ3v) is 7.00. The van der Waals surface area contributed by atoms with E-state index in [2.05, 4.69) is 0 Å². The predicted octanol–water partition coefficient (Wildman–Crippen LogP) is 4.71. The number of sulfone groups is 1. The molecule has 0 amide bonds. The van der Waals surface area contributed by atoms with E-state index in [1.807, 2.05) is 0 Å². The van der Waals surface area contributed by atoms with E-state index in [9.17, 15) is 21.6 Å². The third-order valence-electron chi connectivity index (χ3n) is 4.48. The molecule has 1 saturated heterocycles. The normalized spacial score (nSPS) is 21.5. The number of rotatable bonds is 3. The monoisotopic (exact) mass is 404 g/mol. The molecule has 1 aliphatic heterocycles. The lowest BCUT2D eigenvalue weighted by Crippen LogP contribution is -2.36. The average molecular weight is 405 g/mol. The summed E-state index contributed by atoms with van der Waals surface area (Å²) in [6.45, 7) is 0.428. The summed E-state index contributed by atoms with van der Waals surface area (Å²) in [6.07, 6.45) is -4.39. The molecule has 0 radical (unpaired) electrons.